The van der Waals surface area contributed by atoms with Gasteiger partial charge in [0, 0.05) is 0 Å². The molecule has 0 saturated heterocycles. The Hall–Kier alpha value is -1.16. The Labute approximate surface area is 69.0 Å². The monoisotopic (exact) mass is 195 g/mol. The fourth-order valence-electron chi connectivity index (χ4n) is 0.362. The molecule has 1 rings (SSSR count). The van der Waals surface area contributed by atoms with E-state index in [1.165, 1.54) is 0 Å². The van der Waals surface area contributed by atoms with Gasteiger partial charge in [-0.3, -0.25) is 4.55 Å². The van der Waals surface area contributed by atoms with Crippen LogP contribution in [0.1, 0.15) is 0 Å². The molecule has 8 nitrogen and oxygen atoms in total. The maximum atomic E-state index is 10.2. The van der Waals surface area contributed by atoms with E-state index < -0.39 is 15.3 Å². The topological polar surface area (TPSA) is 163 Å². The van der Waals surface area contributed by atoms with E-state index in [0.29, 0.717) is 0 Å². The molecule has 0 spiro atoms. The predicted octanol–water partition coefficient (Wildman–Crippen LogP) is -0.558. The van der Waals surface area contributed by atoms with Crippen molar-refractivity contribution in [1.82, 2.24) is 27.3 Å². The first-order valence-electron chi connectivity index (χ1n) is 2.20. The molecule has 0 bridgehead atoms. The van der Waals surface area contributed by atoms with Crippen LogP contribution in [0.4, 0.5) is 0 Å². The van der Waals surface area contributed by atoms with E-state index in [4.69, 9.17) is 4.55 Å². The summed E-state index contributed by atoms with van der Waals surface area (Å²) in [4.78, 5) is 9.74. The van der Waals surface area contributed by atoms with Crippen LogP contribution in [0.2, 0.25) is 0 Å². The number of aromatic nitrogens is 3. The molecule has 1 aromatic heterocycles. The van der Waals surface area contributed by atoms with Gasteiger partial charge < -0.3 is 12.3 Å². The Morgan fingerprint density at radius 3 is 1.83 bits per heavy atom. The zero-order chi connectivity index (χ0) is 7.61. The van der Waals surface area contributed by atoms with Crippen LogP contribution >= 0.6 is 0 Å². The highest BCUT2D eigenvalue weighted by atomic mass is 32.2. The average molecular weight is 195 g/mol. The first-order chi connectivity index (χ1) is 4.61. The van der Waals surface area contributed by atoms with Crippen molar-refractivity contribution in [2.75, 3.05) is 0 Å². The van der Waals surface area contributed by atoms with Gasteiger partial charge in [0.25, 0.3) is 5.16 Å². The molecule has 0 fully saturated rings. The second kappa shape index (κ2) is 4.66. The number of hydrogen-bond acceptors (Lipinski definition) is 7. The molecular weight excluding hydrogens is 186 g/mol. The van der Waals surface area contributed by atoms with Gasteiger partial charge in [0.15, 0.2) is 0 Å². The molecule has 9 heteroatoms. The second-order valence-corrected chi connectivity index (χ2v) is 2.71. The first-order valence-corrected chi connectivity index (χ1v) is 3.64. The van der Waals surface area contributed by atoms with Crippen molar-refractivity contribution in [2.45, 2.75) is 5.16 Å². The van der Waals surface area contributed by atoms with Gasteiger partial charge in [-0.25, -0.2) is 15.0 Å². The van der Waals surface area contributed by atoms with Crippen molar-refractivity contribution in [3.63, 3.8) is 0 Å². The fourth-order valence-corrected chi connectivity index (χ4v) is 0.722. The maximum Gasteiger partial charge on any atom is 0.330 e. The predicted molar refractivity (Wildman–Crippen MR) is 39.7 cm³/mol. The van der Waals surface area contributed by atoms with E-state index in [9.17, 15) is 8.42 Å². The average Bonchev–Trinajstić information content (AvgIpc) is 1.88. The third kappa shape index (κ3) is 3.30. The number of nitrogens with zero attached hydrogens (tertiary/aromatic N) is 3. The van der Waals surface area contributed by atoms with Crippen molar-refractivity contribution >= 4 is 10.1 Å². The van der Waals surface area contributed by atoms with E-state index in [0.717, 1.165) is 12.7 Å². The summed E-state index contributed by atoms with van der Waals surface area (Å²) in [6.45, 7) is 0. The second-order valence-electron chi connectivity index (χ2n) is 1.40. The molecule has 1 aromatic rings. The van der Waals surface area contributed by atoms with Gasteiger partial charge in [0.2, 0.25) is 0 Å². The molecule has 0 aromatic carbocycles. The van der Waals surface area contributed by atoms with Crippen molar-refractivity contribution in [3.8, 4) is 0 Å². The zero-order valence-corrected chi connectivity index (χ0v) is 6.90. The van der Waals surface area contributed by atoms with Crippen molar-refractivity contribution in [3.05, 3.63) is 12.7 Å². The third-order valence-corrected chi connectivity index (χ3v) is 1.37. The smallest absolute Gasteiger partial charge is 0.330 e. The molecular formula is C3H9N5O3S. The van der Waals surface area contributed by atoms with Crippen LogP contribution in [-0.4, -0.2) is 27.9 Å². The van der Waals surface area contributed by atoms with Crippen LogP contribution in [-0.2, 0) is 10.1 Å². The van der Waals surface area contributed by atoms with E-state index >= 15 is 0 Å². The van der Waals surface area contributed by atoms with Crippen LogP contribution < -0.4 is 12.3 Å². The quantitative estimate of drug-likeness (QED) is 0.502. The maximum absolute atomic E-state index is 10.2. The van der Waals surface area contributed by atoms with Gasteiger partial charge in [-0.05, 0) is 0 Å². The molecule has 0 radical (unpaired) electrons. The molecule has 0 atom stereocenters. The summed E-state index contributed by atoms with van der Waals surface area (Å²) in [6.07, 6.45) is 1.96. The highest BCUT2D eigenvalue weighted by Gasteiger charge is 2.10. The Kier molecular flexibility index (Phi) is 5.22. The molecule has 70 valence electrons. The lowest BCUT2D eigenvalue weighted by Gasteiger charge is -1.89. The van der Waals surface area contributed by atoms with Gasteiger partial charge in [0.1, 0.15) is 12.7 Å². The lowest BCUT2D eigenvalue weighted by atomic mass is 11.1. The summed E-state index contributed by atoms with van der Waals surface area (Å²) in [5.74, 6) is 0. The summed E-state index contributed by atoms with van der Waals surface area (Å²) in [5, 5.41) is -0.637. The van der Waals surface area contributed by atoms with E-state index in [2.05, 4.69) is 15.0 Å². The highest BCUT2D eigenvalue weighted by Crippen LogP contribution is 1.94. The van der Waals surface area contributed by atoms with Crippen LogP contribution in [0.5, 0.6) is 0 Å². The number of hydrogen-bond donors (Lipinski definition) is 3. The van der Waals surface area contributed by atoms with Crippen molar-refractivity contribution in [2.24, 2.45) is 0 Å². The zero-order valence-electron chi connectivity index (χ0n) is 6.08. The molecule has 0 aliphatic rings. The normalized spacial score (nSPS) is 9.42. The van der Waals surface area contributed by atoms with Crippen LogP contribution in [0, 0.1) is 0 Å². The molecule has 0 amide bonds. The lowest BCUT2D eigenvalue weighted by Crippen LogP contribution is -2.03. The van der Waals surface area contributed by atoms with Crippen molar-refractivity contribution in [1.29, 1.82) is 0 Å². The highest BCUT2D eigenvalue weighted by molar-refractivity contribution is 7.85. The number of rotatable bonds is 1. The summed E-state index contributed by atoms with van der Waals surface area (Å²) in [5.41, 5.74) is 0. The van der Waals surface area contributed by atoms with Crippen LogP contribution in [0.3, 0.4) is 0 Å². The summed E-state index contributed by atoms with van der Waals surface area (Å²) >= 11 is 0. The lowest BCUT2D eigenvalue weighted by molar-refractivity contribution is 0.473. The molecule has 7 N–H and O–H groups in total. The molecule has 0 unspecified atom stereocenters. The third-order valence-electron chi connectivity index (χ3n) is 0.700. The molecule has 0 aliphatic carbocycles. The Morgan fingerprint density at radius 2 is 1.58 bits per heavy atom. The molecule has 12 heavy (non-hydrogen) atoms. The minimum Gasteiger partial charge on any atom is -0.344 e. The Morgan fingerprint density at radius 1 is 1.17 bits per heavy atom. The van der Waals surface area contributed by atoms with Crippen molar-refractivity contribution < 1.29 is 13.0 Å². The van der Waals surface area contributed by atoms with Crippen LogP contribution in [0.25, 0.3) is 0 Å². The molecule has 1 heterocycles. The fraction of sp³-hybridized carbons (Fsp3) is 0. The summed E-state index contributed by atoms with van der Waals surface area (Å²) in [7, 11) is -4.27. The van der Waals surface area contributed by atoms with E-state index in [1.807, 2.05) is 0 Å². The van der Waals surface area contributed by atoms with Gasteiger partial charge >= 0.3 is 10.1 Å². The minimum absolute atomic E-state index is 0. The summed E-state index contributed by atoms with van der Waals surface area (Å²) in [6, 6.07) is 0. The standard InChI is InChI=1S/C3H3N3O3S.2H3N/c7-10(8,9)3-5-1-4-2-6-3;;/h1-2H,(H,7,8,9);2*1H3. The SMILES string of the molecule is N.N.O=S(=O)(O)c1ncncn1. The van der Waals surface area contributed by atoms with E-state index in [1.54, 1.807) is 0 Å². The van der Waals surface area contributed by atoms with Gasteiger partial charge in [-0.15, -0.1) is 0 Å². The van der Waals surface area contributed by atoms with Crippen LogP contribution in [0.15, 0.2) is 17.8 Å². The van der Waals surface area contributed by atoms with Gasteiger partial charge in [0.05, 0.1) is 0 Å². The largest absolute Gasteiger partial charge is 0.344 e. The molecule has 0 saturated carbocycles. The van der Waals surface area contributed by atoms with Gasteiger partial charge in [-0.2, -0.15) is 8.42 Å². The first kappa shape index (κ1) is 13.4. The molecule has 0 aliphatic heterocycles. The van der Waals surface area contributed by atoms with E-state index in [-0.39, 0.29) is 12.3 Å². The van der Waals surface area contributed by atoms with Gasteiger partial charge in [-0.1, -0.05) is 0 Å². The Balaban J connectivity index is 0. The minimum atomic E-state index is -4.27. The summed E-state index contributed by atoms with van der Waals surface area (Å²) < 4.78 is 28.8. The Bertz CT molecular complexity index is 310.